The van der Waals surface area contributed by atoms with Gasteiger partial charge < -0.3 is 19.3 Å². The van der Waals surface area contributed by atoms with E-state index in [1.165, 1.54) is 0 Å². The summed E-state index contributed by atoms with van der Waals surface area (Å²) < 4.78 is 10.5. The lowest BCUT2D eigenvalue weighted by molar-refractivity contribution is 0.0263. The first-order valence-electron chi connectivity index (χ1n) is 8.91. The van der Waals surface area contributed by atoms with Crippen LogP contribution in [0.2, 0.25) is 5.02 Å². The highest BCUT2D eigenvalue weighted by molar-refractivity contribution is 6.33. The van der Waals surface area contributed by atoms with Gasteiger partial charge in [-0.1, -0.05) is 11.6 Å². The number of rotatable bonds is 3. The number of anilines is 1. The summed E-state index contributed by atoms with van der Waals surface area (Å²) in [5, 5.41) is 0.373. The van der Waals surface area contributed by atoms with Gasteiger partial charge in [-0.15, -0.1) is 0 Å². The summed E-state index contributed by atoms with van der Waals surface area (Å²) in [6.45, 7) is 10.3. The number of ether oxygens (including phenoxy) is 2. The van der Waals surface area contributed by atoms with Crippen LogP contribution in [0.25, 0.3) is 0 Å². The van der Waals surface area contributed by atoms with Crippen molar-refractivity contribution in [1.82, 2.24) is 4.90 Å². The molecule has 1 fully saturated rings. The highest BCUT2D eigenvalue weighted by Gasteiger charge is 2.25. The number of nitrogens with zero attached hydrogens (tertiary/aromatic N) is 2. The van der Waals surface area contributed by atoms with E-state index in [2.05, 4.69) is 4.90 Å². The van der Waals surface area contributed by atoms with E-state index < -0.39 is 11.6 Å². The first kappa shape index (κ1) is 20.4. The Balaban J connectivity index is 2.08. The molecule has 0 N–H and O–H groups in total. The molecule has 1 aliphatic rings. The second-order valence-corrected chi connectivity index (χ2v) is 7.60. The third-order valence-corrected chi connectivity index (χ3v) is 4.29. The van der Waals surface area contributed by atoms with Crippen LogP contribution >= 0.6 is 11.6 Å². The summed E-state index contributed by atoms with van der Waals surface area (Å²) in [7, 11) is 0. The molecule has 0 atom stereocenters. The standard InChI is InChI=1S/C19H27ClN2O4/c1-5-25-17(23)15-13-14(7-8-16(15)20)21-9-6-10-22(12-11-21)18(24)26-19(2,3)4/h7-8,13H,5-6,9-12H2,1-4H3. The SMILES string of the molecule is CCOC(=O)c1cc(N2CCCN(C(=O)OC(C)(C)C)CC2)ccc1Cl. The van der Waals surface area contributed by atoms with E-state index in [0.717, 1.165) is 18.7 Å². The van der Waals surface area contributed by atoms with E-state index in [1.54, 1.807) is 24.0 Å². The van der Waals surface area contributed by atoms with Gasteiger partial charge in [0.2, 0.25) is 0 Å². The van der Waals surface area contributed by atoms with Crippen molar-refractivity contribution in [2.24, 2.45) is 0 Å². The molecule has 0 bridgehead atoms. The van der Waals surface area contributed by atoms with Gasteiger partial charge in [0.15, 0.2) is 0 Å². The van der Waals surface area contributed by atoms with Gasteiger partial charge in [-0.2, -0.15) is 0 Å². The minimum atomic E-state index is -0.506. The number of benzene rings is 1. The first-order valence-corrected chi connectivity index (χ1v) is 9.28. The van der Waals surface area contributed by atoms with E-state index in [-0.39, 0.29) is 6.09 Å². The van der Waals surface area contributed by atoms with Crippen molar-refractivity contribution < 1.29 is 19.1 Å². The number of carbonyl (C=O) groups is 2. The molecule has 26 heavy (non-hydrogen) atoms. The van der Waals surface area contributed by atoms with Crippen LogP contribution in [0.1, 0.15) is 44.5 Å². The zero-order valence-corrected chi connectivity index (χ0v) is 16.6. The summed E-state index contributed by atoms with van der Waals surface area (Å²) in [5.41, 5.74) is 0.746. The summed E-state index contributed by atoms with van der Waals surface area (Å²) in [6, 6.07) is 5.34. The van der Waals surface area contributed by atoms with Crippen molar-refractivity contribution in [3.63, 3.8) is 0 Å². The fraction of sp³-hybridized carbons (Fsp3) is 0.579. The Morgan fingerprint density at radius 3 is 2.54 bits per heavy atom. The molecule has 1 saturated heterocycles. The van der Waals surface area contributed by atoms with Crippen molar-refractivity contribution in [3.05, 3.63) is 28.8 Å². The van der Waals surface area contributed by atoms with Crippen molar-refractivity contribution in [3.8, 4) is 0 Å². The van der Waals surface area contributed by atoms with Gasteiger partial charge in [0.05, 0.1) is 17.2 Å². The largest absolute Gasteiger partial charge is 0.462 e. The average Bonchev–Trinajstić information content (AvgIpc) is 2.80. The molecule has 0 unspecified atom stereocenters. The molecule has 0 aliphatic carbocycles. The first-order chi connectivity index (χ1) is 12.2. The Morgan fingerprint density at radius 2 is 1.88 bits per heavy atom. The molecule has 0 aromatic heterocycles. The molecule has 1 heterocycles. The Hall–Kier alpha value is -1.95. The third-order valence-electron chi connectivity index (χ3n) is 3.96. The van der Waals surface area contributed by atoms with E-state index >= 15 is 0 Å². The van der Waals surface area contributed by atoms with Crippen LogP contribution in [0.3, 0.4) is 0 Å². The maximum absolute atomic E-state index is 12.3. The van der Waals surface area contributed by atoms with Crippen LogP contribution in [0, 0.1) is 0 Å². The molecule has 1 aromatic carbocycles. The predicted octanol–water partition coefficient (Wildman–Crippen LogP) is 3.96. The minimum Gasteiger partial charge on any atom is -0.462 e. The molecule has 1 aliphatic heterocycles. The molecule has 7 heteroatoms. The number of carbonyl (C=O) groups excluding carboxylic acids is 2. The van der Waals surface area contributed by atoms with Crippen molar-refractivity contribution in [1.29, 1.82) is 0 Å². The van der Waals surface area contributed by atoms with Gasteiger partial charge in [-0.3, -0.25) is 0 Å². The monoisotopic (exact) mass is 382 g/mol. The molecule has 0 spiro atoms. The molecule has 0 radical (unpaired) electrons. The van der Waals surface area contributed by atoms with Gasteiger partial charge >= 0.3 is 12.1 Å². The van der Waals surface area contributed by atoms with E-state index in [9.17, 15) is 9.59 Å². The molecule has 2 rings (SSSR count). The quantitative estimate of drug-likeness (QED) is 0.740. The van der Waals surface area contributed by atoms with Crippen LogP contribution in [0.15, 0.2) is 18.2 Å². The highest BCUT2D eigenvalue weighted by Crippen LogP contribution is 2.25. The van der Waals surface area contributed by atoms with Gasteiger partial charge in [0, 0.05) is 31.9 Å². The van der Waals surface area contributed by atoms with Crippen molar-refractivity contribution in [2.75, 3.05) is 37.7 Å². The van der Waals surface area contributed by atoms with E-state index in [4.69, 9.17) is 21.1 Å². The van der Waals surface area contributed by atoms with Crippen molar-refractivity contribution in [2.45, 2.75) is 39.7 Å². The molecule has 6 nitrogen and oxygen atoms in total. The van der Waals surface area contributed by atoms with E-state index in [0.29, 0.717) is 36.8 Å². The Morgan fingerprint density at radius 1 is 1.15 bits per heavy atom. The minimum absolute atomic E-state index is 0.289. The molecule has 144 valence electrons. The van der Waals surface area contributed by atoms with Crippen LogP contribution in [0.5, 0.6) is 0 Å². The van der Waals surface area contributed by atoms with Crippen LogP contribution < -0.4 is 4.90 Å². The molecule has 1 aromatic rings. The van der Waals surface area contributed by atoms with Crippen LogP contribution in [-0.4, -0.2) is 55.3 Å². The summed E-state index contributed by atoms with van der Waals surface area (Å²) in [4.78, 5) is 28.2. The van der Waals surface area contributed by atoms with Crippen LogP contribution in [0.4, 0.5) is 10.5 Å². The number of hydrogen-bond acceptors (Lipinski definition) is 5. The maximum Gasteiger partial charge on any atom is 0.410 e. The lowest BCUT2D eigenvalue weighted by Gasteiger charge is -2.27. The number of hydrogen-bond donors (Lipinski definition) is 0. The maximum atomic E-state index is 12.3. The second-order valence-electron chi connectivity index (χ2n) is 7.19. The normalized spacial score (nSPS) is 15.4. The smallest absolute Gasteiger partial charge is 0.410 e. The topological polar surface area (TPSA) is 59.1 Å². The zero-order chi connectivity index (χ0) is 19.3. The number of amides is 1. The summed E-state index contributed by atoms with van der Waals surface area (Å²) in [5.74, 6) is -0.426. The number of esters is 1. The fourth-order valence-electron chi connectivity index (χ4n) is 2.76. The molecular formula is C19H27ClN2O4. The fourth-order valence-corrected chi connectivity index (χ4v) is 2.95. The number of halogens is 1. The van der Waals surface area contributed by atoms with Gasteiger partial charge in [-0.25, -0.2) is 9.59 Å². The lowest BCUT2D eigenvalue weighted by atomic mass is 10.2. The highest BCUT2D eigenvalue weighted by atomic mass is 35.5. The summed E-state index contributed by atoms with van der Waals surface area (Å²) in [6.07, 6.45) is 0.527. The lowest BCUT2D eigenvalue weighted by Crippen LogP contribution is -2.39. The van der Waals surface area contributed by atoms with Crippen molar-refractivity contribution >= 4 is 29.4 Å². The predicted molar refractivity (Wildman–Crippen MR) is 102 cm³/mol. The van der Waals surface area contributed by atoms with Gasteiger partial charge in [0.25, 0.3) is 0 Å². The molecule has 1 amide bonds. The Kier molecular flexibility index (Phi) is 6.75. The van der Waals surface area contributed by atoms with E-state index in [1.807, 2.05) is 26.8 Å². The zero-order valence-electron chi connectivity index (χ0n) is 15.9. The molecular weight excluding hydrogens is 356 g/mol. The average molecular weight is 383 g/mol. The summed E-state index contributed by atoms with van der Waals surface area (Å²) >= 11 is 6.14. The Bertz CT molecular complexity index is 657. The second kappa shape index (κ2) is 8.62. The van der Waals surface area contributed by atoms with Gasteiger partial charge in [0.1, 0.15) is 5.60 Å². The Labute approximate surface area is 160 Å². The van der Waals surface area contributed by atoms with Gasteiger partial charge in [-0.05, 0) is 52.3 Å². The molecule has 0 saturated carbocycles. The van der Waals surface area contributed by atoms with Crippen LogP contribution in [-0.2, 0) is 9.47 Å². The third kappa shape index (κ3) is 5.53.